The first kappa shape index (κ1) is 36.5. The standard InChI is InChI=1S/C5H4Cl6O3.C4H5Cl3O3.C2H3Cl3O/c6-4(7,8)1-13-3(12)14-2-5(9,10)11;1-9-3(8)10-2-4(5,6)7;3-2(4,5)1-6/h1-2H2;2H2,1H3;6H,1H2. The Labute approximate surface area is 232 Å². The normalized spacial score (nSPS) is 11.8. The Hall–Kier alpha value is 1.98. The SMILES string of the molecule is COC(=O)OCC(Cl)(Cl)Cl.O=C(OCC(Cl)(Cl)Cl)OCC(Cl)(Cl)Cl.OCC(Cl)(Cl)Cl. The van der Waals surface area contributed by atoms with Crippen LogP contribution in [0.1, 0.15) is 0 Å². The first-order valence-electron chi connectivity index (χ1n) is 6.50. The number of rotatable bonds is 3. The Kier molecular flexibility index (Phi) is 21.2. The summed E-state index contributed by atoms with van der Waals surface area (Å²) < 4.78 is 10.7. The van der Waals surface area contributed by atoms with Crippen molar-refractivity contribution in [3.63, 3.8) is 0 Å². The zero-order chi connectivity index (χ0) is 24.8. The van der Waals surface area contributed by atoms with E-state index in [0.717, 1.165) is 0 Å². The van der Waals surface area contributed by atoms with Crippen molar-refractivity contribution < 1.29 is 33.6 Å². The summed E-state index contributed by atoms with van der Waals surface area (Å²) in [6.07, 6.45) is -1.95. The number of carbonyl (C=O) groups is 2. The van der Waals surface area contributed by atoms with Crippen LogP contribution in [0.4, 0.5) is 9.59 Å². The van der Waals surface area contributed by atoms with E-state index in [9.17, 15) is 9.59 Å². The van der Waals surface area contributed by atoms with E-state index < -0.39 is 47.3 Å². The minimum Gasteiger partial charge on any atom is -0.438 e. The number of alkyl halides is 12. The second-order valence-corrected chi connectivity index (χ2v) is 14.3. The second kappa shape index (κ2) is 17.4. The molecule has 0 atom stereocenters. The van der Waals surface area contributed by atoms with Crippen molar-refractivity contribution in [1.82, 2.24) is 0 Å². The molecule has 0 aromatic carbocycles. The molecule has 0 rings (SSSR count). The molecule has 0 bridgehead atoms. The van der Waals surface area contributed by atoms with Crippen molar-refractivity contribution in [2.24, 2.45) is 0 Å². The Balaban J connectivity index is -0.000000397. The molecule has 182 valence electrons. The highest BCUT2D eigenvalue weighted by atomic mass is 35.6. The molecule has 0 saturated carbocycles. The zero-order valence-electron chi connectivity index (χ0n) is 14.3. The third-order valence-corrected chi connectivity index (χ3v) is 2.75. The van der Waals surface area contributed by atoms with Gasteiger partial charge in [0.05, 0.1) is 13.7 Å². The topological polar surface area (TPSA) is 91.3 Å². The van der Waals surface area contributed by atoms with E-state index in [2.05, 4.69) is 18.9 Å². The average molecular weight is 682 g/mol. The van der Waals surface area contributed by atoms with Gasteiger partial charge in [-0.1, -0.05) is 139 Å². The molecule has 0 aliphatic heterocycles. The van der Waals surface area contributed by atoms with Gasteiger partial charge in [-0.2, -0.15) is 0 Å². The summed E-state index contributed by atoms with van der Waals surface area (Å²) in [7, 11) is 1.17. The van der Waals surface area contributed by atoms with Crippen LogP contribution < -0.4 is 0 Å². The second-order valence-electron chi connectivity index (χ2n) is 4.19. The summed E-state index contributed by atoms with van der Waals surface area (Å²) in [5.74, 6) is 0. The van der Waals surface area contributed by atoms with Gasteiger partial charge in [-0.25, -0.2) is 9.59 Å². The molecule has 0 saturated heterocycles. The molecular weight excluding hydrogens is 670 g/mol. The fraction of sp³-hybridized carbons (Fsp3) is 0.818. The first-order valence-corrected chi connectivity index (χ1v) is 11.0. The van der Waals surface area contributed by atoms with Crippen molar-refractivity contribution in [2.75, 3.05) is 33.5 Å². The predicted octanol–water partition coefficient (Wildman–Crippen LogP) is 7.37. The number of hydrogen-bond donors (Lipinski definition) is 1. The summed E-state index contributed by atoms with van der Waals surface area (Å²) in [4.78, 5) is 21.0. The van der Waals surface area contributed by atoms with Crippen molar-refractivity contribution >= 4 is 152 Å². The van der Waals surface area contributed by atoms with E-state index in [1.54, 1.807) is 0 Å². The van der Waals surface area contributed by atoms with E-state index >= 15 is 0 Å². The molecule has 0 heterocycles. The number of ether oxygens (including phenoxy) is 4. The number of aliphatic hydroxyl groups is 1. The molecule has 7 nitrogen and oxygen atoms in total. The number of aliphatic hydroxyl groups excluding tert-OH is 1. The molecule has 0 aromatic rings. The average Bonchev–Trinajstić information content (AvgIpc) is 2.54. The highest BCUT2D eigenvalue weighted by Gasteiger charge is 2.26. The molecule has 0 fully saturated rings. The van der Waals surface area contributed by atoms with Crippen LogP contribution in [0, 0.1) is 0 Å². The molecule has 0 radical (unpaired) electrons. The van der Waals surface area contributed by atoms with E-state index in [1.807, 2.05) is 0 Å². The lowest BCUT2D eigenvalue weighted by atomic mass is 10.8. The fourth-order valence-electron chi connectivity index (χ4n) is 0.523. The maximum absolute atomic E-state index is 10.7. The fourth-order valence-corrected chi connectivity index (χ4v) is 1.01. The van der Waals surface area contributed by atoms with Gasteiger partial charge >= 0.3 is 12.3 Å². The predicted molar refractivity (Wildman–Crippen MR) is 124 cm³/mol. The first-order chi connectivity index (χ1) is 13.1. The molecule has 0 aliphatic rings. The quantitative estimate of drug-likeness (QED) is 0.246. The van der Waals surface area contributed by atoms with Crippen LogP contribution >= 0.6 is 139 Å². The Morgan fingerprint density at radius 1 is 0.600 bits per heavy atom. The van der Waals surface area contributed by atoms with E-state index in [-0.39, 0.29) is 6.61 Å². The van der Waals surface area contributed by atoms with Gasteiger partial charge in [0.15, 0.2) is 0 Å². The van der Waals surface area contributed by atoms with Gasteiger partial charge in [-0.3, -0.25) is 0 Å². The molecule has 30 heavy (non-hydrogen) atoms. The third-order valence-electron chi connectivity index (χ3n) is 1.41. The lowest BCUT2D eigenvalue weighted by Gasteiger charge is -2.13. The summed E-state index contributed by atoms with van der Waals surface area (Å²) in [6, 6.07) is 0. The third kappa shape index (κ3) is 40.3. The van der Waals surface area contributed by atoms with E-state index in [4.69, 9.17) is 144 Å². The summed E-state index contributed by atoms with van der Waals surface area (Å²) in [6.45, 7) is -1.64. The smallest absolute Gasteiger partial charge is 0.438 e. The maximum atomic E-state index is 10.7. The minimum absolute atomic E-state index is 0.315. The van der Waals surface area contributed by atoms with Crippen LogP contribution in [0.5, 0.6) is 0 Å². The van der Waals surface area contributed by atoms with Gasteiger partial charge in [-0.15, -0.1) is 0 Å². The van der Waals surface area contributed by atoms with Crippen molar-refractivity contribution in [3.8, 4) is 0 Å². The minimum atomic E-state index is -1.70. The highest BCUT2D eigenvalue weighted by molar-refractivity contribution is 6.69. The molecular formula is C11H12Cl12O7. The monoisotopic (exact) mass is 676 g/mol. The van der Waals surface area contributed by atoms with Crippen LogP contribution in [0.3, 0.4) is 0 Å². The summed E-state index contributed by atoms with van der Waals surface area (Å²) in [5, 5.41) is 8.01. The van der Waals surface area contributed by atoms with Crippen LogP contribution in [-0.4, -0.2) is 66.1 Å². The molecule has 0 aliphatic carbocycles. The molecule has 0 spiro atoms. The number of carbonyl (C=O) groups excluding carboxylic acids is 2. The van der Waals surface area contributed by atoms with Gasteiger partial charge in [0, 0.05) is 0 Å². The molecule has 0 amide bonds. The van der Waals surface area contributed by atoms with Crippen molar-refractivity contribution in [2.45, 2.75) is 15.2 Å². The van der Waals surface area contributed by atoms with Crippen molar-refractivity contribution in [1.29, 1.82) is 0 Å². The number of hydrogen-bond acceptors (Lipinski definition) is 7. The van der Waals surface area contributed by atoms with Crippen LogP contribution in [0.15, 0.2) is 0 Å². The van der Waals surface area contributed by atoms with Gasteiger partial charge in [0.25, 0.3) is 0 Å². The number of methoxy groups -OCH3 is 1. The van der Waals surface area contributed by atoms with Gasteiger partial charge in [-0.05, 0) is 0 Å². The lowest BCUT2D eigenvalue weighted by Crippen LogP contribution is -2.22. The van der Waals surface area contributed by atoms with Crippen molar-refractivity contribution in [3.05, 3.63) is 0 Å². The zero-order valence-corrected chi connectivity index (χ0v) is 23.3. The Bertz CT molecular complexity index is 461. The highest BCUT2D eigenvalue weighted by Crippen LogP contribution is 2.28. The Morgan fingerprint density at radius 3 is 1.00 bits per heavy atom. The summed E-state index contributed by atoms with van der Waals surface area (Å²) >= 11 is 62.4. The van der Waals surface area contributed by atoms with Crippen LogP contribution in [0.2, 0.25) is 0 Å². The number of halogens is 12. The Morgan fingerprint density at radius 2 is 0.833 bits per heavy atom. The van der Waals surface area contributed by atoms with E-state index in [1.165, 1.54) is 7.11 Å². The maximum Gasteiger partial charge on any atom is 0.508 e. The molecule has 0 aromatic heterocycles. The van der Waals surface area contributed by atoms with Crippen LogP contribution in [-0.2, 0) is 18.9 Å². The molecule has 1 N–H and O–H groups in total. The van der Waals surface area contributed by atoms with E-state index in [0.29, 0.717) is 0 Å². The largest absolute Gasteiger partial charge is 0.508 e. The van der Waals surface area contributed by atoms with Gasteiger partial charge < -0.3 is 24.1 Å². The van der Waals surface area contributed by atoms with Crippen LogP contribution in [0.25, 0.3) is 0 Å². The van der Waals surface area contributed by atoms with Gasteiger partial charge in [0.1, 0.15) is 19.8 Å². The molecule has 0 unspecified atom stereocenters. The molecule has 19 heteroatoms. The summed E-state index contributed by atoms with van der Waals surface area (Å²) in [5.41, 5.74) is 0. The lowest BCUT2D eigenvalue weighted by molar-refractivity contribution is 0.0579. The van der Waals surface area contributed by atoms with Gasteiger partial charge in [0.2, 0.25) is 15.2 Å².